The highest BCUT2D eigenvalue weighted by Gasteiger charge is 2.05. The van der Waals surface area contributed by atoms with Gasteiger partial charge in [0, 0.05) is 6.04 Å². The van der Waals surface area contributed by atoms with Crippen LogP contribution in [0.2, 0.25) is 0 Å². The smallest absolute Gasteiger partial charge is 0.118 e. The molecule has 0 amide bonds. The van der Waals surface area contributed by atoms with E-state index in [1.807, 2.05) is 18.2 Å². The molecule has 2 heteroatoms. The van der Waals surface area contributed by atoms with Crippen molar-refractivity contribution in [3.8, 4) is 5.75 Å². The van der Waals surface area contributed by atoms with E-state index in [9.17, 15) is 0 Å². The predicted octanol–water partition coefficient (Wildman–Crippen LogP) is 2.81. The van der Waals surface area contributed by atoms with Gasteiger partial charge in [0.15, 0.2) is 0 Å². The Morgan fingerprint density at radius 1 is 0.889 bits per heavy atom. The van der Waals surface area contributed by atoms with E-state index in [1.54, 1.807) is 7.11 Å². The summed E-state index contributed by atoms with van der Waals surface area (Å²) in [4.78, 5) is 0. The van der Waals surface area contributed by atoms with Crippen molar-refractivity contribution >= 4 is 0 Å². The number of methoxy groups -OCH3 is 1. The van der Waals surface area contributed by atoms with Crippen LogP contribution in [-0.4, -0.2) is 13.2 Å². The Morgan fingerprint density at radius 3 is 2.00 bits per heavy atom. The van der Waals surface area contributed by atoms with Crippen molar-refractivity contribution in [3.63, 3.8) is 0 Å². The van der Waals surface area contributed by atoms with Crippen LogP contribution in [0.5, 0.6) is 5.75 Å². The lowest BCUT2D eigenvalue weighted by Gasteiger charge is -2.12. The molecule has 94 valence electrons. The van der Waals surface area contributed by atoms with Crippen LogP contribution in [0.4, 0.5) is 0 Å². The highest BCUT2D eigenvalue weighted by Crippen LogP contribution is 2.13. The number of benzene rings is 2. The van der Waals surface area contributed by atoms with Gasteiger partial charge in [0.1, 0.15) is 5.75 Å². The fourth-order valence-corrected chi connectivity index (χ4v) is 2.05. The second-order valence-corrected chi connectivity index (χ2v) is 4.50. The normalized spacial score (nSPS) is 12.1. The molecule has 2 rings (SSSR count). The molecule has 0 bridgehead atoms. The summed E-state index contributed by atoms with van der Waals surface area (Å²) >= 11 is 0. The van der Waals surface area contributed by atoms with E-state index < -0.39 is 0 Å². The Kier molecular flexibility index (Phi) is 4.37. The molecular formula is C16H19NO. The molecule has 2 nitrogen and oxygen atoms in total. The maximum Gasteiger partial charge on any atom is 0.118 e. The minimum Gasteiger partial charge on any atom is -0.497 e. The Labute approximate surface area is 108 Å². The number of ether oxygens (including phenoxy) is 1. The van der Waals surface area contributed by atoms with Gasteiger partial charge < -0.3 is 10.5 Å². The third-order valence-electron chi connectivity index (χ3n) is 3.00. The quantitative estimate of drug-likeness (QED) is 0.873. The first-order valence-electron chi connectivity index (χ1n) is 6.20. The van der Waals surface area contributed by atoms with E-state index in [4.69, 9.17) is 10.5 Å². The summed E-state index contributed by atoms with van der Waals surface area (Å²) in [7, 11) is 1.68. The molecule has 0 aromatic heterocycles. The molecule has 2 aromatic rings. The average molecular weight is 241 g/mol. The molecule has 0 saturated carbocycles. The van der Waals surface area contributed by atoms with E-state index in [2.05, 4.69) is 36.4 Å². The number of nitrogens with two attached hydrogens (primary N) is 1. The minimum absolute atomic E-state index is 0.154. The van der Waals surface area contributed by atoms with Crippen LogP contribution in [-0.2, 0) is 12.8 Å². The molecule has 0 spiro atoms. The van der Waals surface area contributed by atoms with Crippen molar-refractivity contribution in [2.45, 2.75) is 18.9 Å². The first kappa shape index (κ1) is 12.7. The van der Waals surface area contributed by atoms with Gasteiger partial charge in [0.05, 0.1) is 7.11 Å². The highest BCUT2D eigenvalue weighted by molar-refractivity contribution is 5.28. The largest absolute Gasteiger partial charge is 0.497 e. The van der Waals surface area contributed by atoms with Gasteiger partial charge in [-0.15, -0.1) is 0 Å². The maximum atomic E-state index is 6.18. The molecule has 0 saturated heterocycles. The van der Waals surface area contributed by atoms with Crippen LogP contribution in [0.15, 0.2) is 54.6 Å². The molecule has 0 heterocycles. The Bertz CT molecular complexity index is 464. The average Bonchev–Trinajstić information content (AvgIpc) is 2.40. The van der Waals surface area contributed by atoms with Crippen molar-refractivity contribution < 1.29 is 4.74 Å². The van der Waals surface area contributed by atoms with Crippen LogP contribution in [0.1, 0.15) is 11.1 Å². The third kappa shape index (κ3) is 3.60. The molecule has 2 aromatic carbocycles. The van der Waals surface area contributed by atoms with E-state index in [0.717, 1.165) is 18.6 Å². The van der Waals surface area contributed by atoms with Gasteiger partial charge in [0.25, 0.3) is 0 Å². The monoisotopic (exact) mass is 241 g/mol. The van der Waals surface area contributed by atoms with Crippen LogP contribution in [0, 0.1) is 0 Å². The van der Waals surface area contributed by atoms with Gasteiger partial charge in [-0.3, -0.25) is 0 Å². The van der Waals surface area contributed by atoms with Crippen LogP contribution in [0.25, 0.3) is 0 Å². The summed E-state index contributed by atoms with van der Waals surface area (Å²) in [5.74, 6) is 0.885. The second kappa shape index (κ2) is 6.22. The maximum absolute atomic E-state index is 6.18. The second-order valence-electron chi connectivity index (χ2n) is 4.50. The summed E-state index contributed by atoms with van der Waals surface area (Å²) in [5.41, 5.74) is 8.72. The van der Waals surface area contributed by atoms with E-state index >= 15 is 0 Å². The predicted molar refractivity (Wildman–Crippen MR) is 74.8 cm³/mol. The zero-order valence-corrected chi connectivity index (χ0v) is 10.7. The number of hydrogen-bond donors (Lipinski definition) is 1. The zero-order chi connectivity index (χ0) is 12.8. The molecule has 1 unspecified atom stereocenters. The molecular weight excluding hydrogens is 222 g/mol. The van der Waals surface area contributed by atoms with Gasteiger partial charge >= 0.3 is 0 Å². The van der Waals surface area contributed by atoms with Gasteiger partial charge in [-0.2, -0.15) is 0 Å². The molecule has 2 N–H and O–H groups in total. The summed E-state index contributed by atoms with van der Waals surface area (Å²) in [6, 6.07) is 18.6. The summed E-state index contributed by atoms with van der Waals surface area (Å²) in [6.45, 7) is 0. The highest BCUT2D eigenvalue weighted by atomic mass is 16.5. The minimum atomic E-state index is 0.154. The number of hydrogen-bond acceptors (Lipinski definition) is 2. The molecule has 0 aliphatic rings. The molecule has 0 aliphatic carbocycles. The van der Waals surface area contributed by atoms with Crippen LogP contribution >= 0.6 is 0 Å². The number of rotatable bonds is 5. The molecule has 0 fully saturated rings. The third-order valence-corrected chi connectivity index (χ3v) is 3.00. The Balaban J connectivity index is 1.92. The lowest BCUT2D eigenvalue weighted by molar-refractivity contribution is 0.414. The van der Waals surface area contributed by atoms with Crippen molar-refractivity contribution in [2.24, 2.45) is 5.73 Å². The standard InChI is InChI=1S/C16H19NO/c1-18-16-9-7-14(8-10-16)12-15(17)11-13-5-3-2-4-6-13/h2-10,15H,11-12,17H2,1H3. The fourth-order valence-electron chi connectivity index (χ4n) is 2.05. The lowest BCUT2D eigenvalue weighted by atomic mass is 10.00. The van der Waals surface area contributed by atoms with Crippen LogP contribution < -0.4 is 10.5 Å². The van der Waals surface area contributed by atoms with Gasteiger partial charge in [-0.05, 0) is 36.1 Å². The van der Waals surface area contributed by atoms with Crippen LogP contribution in [0.3, 0.4) is 0 Å². The van der Waals surface area contributed by atoms with Crippen molar-refractivity contribution in [1.29, 1.82) is 0 Å². The van der Waals surface area contributed by atoms with E-state index in [-0.39, 0.29) is 6.04 Å². The summed E-state index contributed by atoms with van der Waals surface area (Å²) in [5, 5.41) is 0. The Morgan fingerprint density at radius 2 is 1.44 bits per heavy atom. The molecule has 1 atom stereocenters. The van der Waals surface area contributed by atoms with Gasteiger partial charge in [-0.1, -0.05) is 42.5 Å². The van der Waals surface area contributed by atoms with Crippen molar-refractivity contribution in [3.05, 3.63) is 65.7 Å². The van der Waals surface area contributed by atoms with E-state index in [0.29, 0.717) is 0 Å². The molecule has 0 aliphatic heterocycles. The lowest BCUT2D eigenvalue weighted by Crippen LogP contribution is -2.25. The Hall–Kier alpha value is -1.80. The first-order valence-corrected chi connectivity index (χ1v) is 6.20. The summed E-state index contributed by atoms with van der Waals surface area (Å²) in [6.07, 6.45) is 1.80. The zero-order valence-electron chi connectivity index (χ0n) is 10.7. The molecule has 18 heavy (non-hydrogen) atoms. The summed E-state index contributed by atoms with van der Waals surface area (Å²) < 4.78 is 5.14. The van der Waals surface area contributed by atoms with Crippen molar-refractivity contribution in [2.75, 3.05) is 7.11 Å². The van der Waals surface area contributed by atoms with Gasteiger partial charge in [0.2, 0.25) is 0 Å². The van der Waals surface area contributed by atoms with Gasteiger partial charge in [-0.25, -0.2) is 0 Å². The van der Waals surface area contributed by atoms with E-state index in [1.165, 1.54) is 11.1 Å². The SMILES string of the molecule is COc1ccc(CC(N)Cc2ccccc2)cc1. The van der Waals surface area contributed by atoms with Crippen molar-refractivity contribution in [1.82, 2.24) is 0 Å². The first-order chi connectivity index (χ1) is 8.78. The molecule has 0 radical (unpaired) electrons. The topological polar surface area (TPSA) is 35.2 Å². The fraction of sp³-hybridized carbons (Fsp3) is 0.250.